The van der Waals surface area contributed by atoms with Crippen LogP contribution in [0.15, 0.2) is 0 Å². The van der Waals surface area contributed by atoms with E-state index in [4.69, 9.17) is 4.74 Å². The molecule has 0 aromatic heterocycles. The van der Waals surface area contributed by atoms with E-state index in [2.05, 4.69) is 20.9 Å². The van der Waals surface area contributed by atoms with Crippen molar-refractivity contribution in [1.82, 2.24) is 20.9 Å². The summed E-state index contributed by atoms with van der Waals surface area (Å²) in [6.07, 6.45) is 20.4. The number of nitrogens with zero attached hydrogens (tertiary/aromatic N) is 1. The number of amides is 1. The van der Waals surface area contributed by atoms with Gasteiger partial charge in [0.05, 0.1) is 18.4 Å². The van der Waals surface area contributed by atoms with Crippen molar-refractivity contribution in [1.29, 1.82) is 0 Å². The second kappa shape index (κ2) is 11.4. The van der Waals surface area contributed by atoms with E-state index in [-0.39, 0.29) is 5.91 Å². The second-order valence-corrected chi connectivity index (χ2v) is 11.7. The Kier molecular flexibility index (Phi) is 8.27. The number of hydrogen-bond acceptors (Lipinski definition) is 5. The molecule has 0 aromatic carbocycles. The second-order valence-electron chi connectivity index (χ2n) is 11.7. The fraction of sp³-hybridized carbons (Fsp3) is 0.963. The highest BCUT2D eigenvalue weighted by atomic mass is 16.5. The van der Waals surface area contributed by atoms with Gasteiger partial charge in [-0.05, 0) is 83.1 Å². The third kappa shape index (κ3) is 6.12. The first-order valence-electron chi connectivity index (χ1n) is 14.3. The smallest absolute Gasteiger partial charge is 0.219 e. The van der Waals surface area contributed by atoms with Gasteiger partial charge >= 0.3 is 0 Å². The topological polar surface area (TPSA) is 65.6 Å². The summed E-state index contributed by atoms with van der Waals surface area (Å²) in [5, 5.41) is 11.7. The van der Waals surface area contributed by atoms with Crippen LogP contribution in [-0.4, -0.2) is 66.4 Å². The van der Waals surface area contributed by atoms with E-state index in [1.807, 2.05) is 0 Å². The van der Waals surface area contributed by atoms with Gasteiger partial charge in [-0.1, -0.05) is 25.7 Å². The molecule has 188 valence electrons. The van der Waals surface area contributed by atoms with Crippen LogP contribution in [0.2, 0.25) is 0 Å². The van der Waals surface area contributed by atoms with Gasteiger partial charge in [-0.3, -0.25) is 10.1 Å². The molecule has 5 unspecified atom stereocenters. The molecule has 0 spiro atoms. The van der Waals surface area contributed by atoms with Crippen LogP contribution in [0, 0.1) is 5.92 Å². The predicted molar refractivity (Wildman–Crippen MR) is 132 cm³/mol. The summed E-state index contributed by atoms with van der Waals surface area (Å²) >= 11 is 0. The first-order chi connectivity index (χ1) is 16.2. The van der Waals surface area contributed by atoms with E-state index in [0.717, 1.165) is 19.5 Å². The summed E-state index contributed by atoms with van der Waals surface area (Å²) in [5.41, 5.74) is 0. The average Bonchev–Trinajstić information content (AvgIpc) is 3.27. The number of likely N-dealkylation sites (tertiary alicyclic amines) is 1. The number of piperidine rings is 1. The highest BCUT2D eigenvalue weighted by molar-refractivity contribution is 5.74. The van der Waals surface area contributed by atoms with Crippen LogP contribution in [0.25, 0.3) is 0 Å². The Balaban J connectivity index is 1.06. The van der Waals surface area contributed by atoms with Crippen molar-refractivity contribution < 1.29 is 9.53 Å². The highest BCUT2D eigenvalue weighted by Gasteiger charge is 2.43. The van der Waals surface area contributed by atoms with Gasteiger partial charge in [-0.15, -0.1) is 0 Å². The van der Waals surface area contributed by atoms with Crippen molar-refractivity contribution in [3.8, 4) is 0 Å². The van der Waals surface area contributed by atoms with Gasteiger partial charge in [0.2, 0.25) is 5.91 Å². The average molecular weight is 461 g/mol. The van der Waals surface area contributed by atoms with Crippen LogP contribution >= 0.6 is 0 Å². The first kappa shape index (κ1) is 24.0. The van der Waals surface area contributed by atoms with Crippen molar-refractivity contribution in [2.24, 2.45) is 5.92 Å². The van der Waals surface area contributed by atoms with Gasteiger partial charge in [-0.2, -0.15) is 0 Å². The fourth-order valence-electron chi connectivity index (χ4n) is 7.68. The number of fused-ring (bicyclic) bond motifs is 1. The largest absolute Gasteiger partial charge is 0.375 e. The van der Waals surface area contributed by atoms with E-state index in [1.165, 1.54) is 89.9 Å². The maximum Gasteiger partial charge on any atom is 0.219 e. The molecule has 1 amide bonds. The predicted octanol–water partition coefficient (Wildman–Crippen LogP) is 3.69. The minimum atomic E-state index is 0.268. The number of hydrogen-bond donors (Lipinski definition) is 3. The van der Waals surface area contributed by atoms with Crippen LogP contribution < -0.4 is 16.0 Å². The summed E-state index contributed by atoms with van der Waals surface area (Å²) in [7, 11) is 0. The molecular weight excluding hydrogens is 412 g/mol. The molecule has 33 heavy (non-hydrogen) atoms. The molecule has 5 atom stereocenters. The lowest BCUT2D eigenvalue weighted by atomic mass is 9.80. The van der Waals surface area contributed by atoms with E-state index in [0.29, 0.717) is 48.5 Å². The van der Waals surface area contributed by atoms with Crippen LogP contribution in [-0.2, 0) is 9.53 Å². The molecule has 3 saturated carbocycles. The molecular formula is C27H48N4O2. The van der Waals surface area contributed by atoms with E-state index in [1.54, 1.807) is 6.92 Å². The molecule has 0 radical (unpaired) electrons. The Morgan fingerprint density at radius 1 is 0.818 bits per heavy atom. The molecule has 3 aliphatic carbocycles. The third-order valence-electron chi connectivity index (χ3n) is 9.39. The third-order valence-corrected chi connectivity index (χ3v) is 9.39. The number of nitrogens with one attached hydrogen (secondary N) is 3. The molecule has 3 N–H and O–H groups in total. The zero-order valence-corrected chi connectivity index (χ0v) is 20.9. The highest BCUT2D eigenvalue weighted by Crippen LogP contribution is 2.37. The van der Waals surface area contributed by atoms with E-state index >= 15 is 0 Å². The Morgan fingerprint density at radius 3 is 2.39 bits per heavy atom. The molecule has 2 saturated heterocycles. The summed E-state index contributed by atoms with van der Waals surface area (Å²) < 4.78 is 6.45. The van der Waals surface area contributed by atoms with Crippen molar-refractivity contribution in [2.75, 3.05) is 13.1 Å². The van der Waals surface area contributed by atoms with Crippen molar-refractivity contribution in [3.05, 3.63) is 0 Å². The number of ether oxygens (including phenoxy) is 1. The van der Waals surface area contributed by atoms with Crippen LogP contribution in [0.5, 0.6) is 0 Å². The lowest BCUT2D eigenvalue weighted by Gasteiger charge is -2.43. The normalized spacial score (nSPS) is 40.5. The zero-order chi connectivity index (χ0) is 22.6. The molecule has 0 bridgehead atoms. The summed E-state index contributed by atoms with van der Waals surface area (Å²) in [6.45, 7) is 3.80. The molecule has 2 aliphatic heterocycles. The molecule has 6 nitrogen and oxygen atoms in total. The van der Waals surface area contributed by atoms with Gasteiger partial charge < -0.3 is 20.3 Å². The fourth-order valence-corrected chi connectivity index (χ4v) is 7.68. The first-order valence-corrected chi connectivity index (χ1v) is 14.3. The maximum atomic E-state index is 12.2. The lowest BCUT2D eigenvalue weighted by Crippen LogP contribution is -2.60. The summed E-state index contributed by atoms with van der Waals surface area (Å²) in [4.78, 5) is 14.4. The van der Waals surface area contributed by atoms with Gasteiger partial charge in [0.1, 0.15) is 0 Å². The molecule has 5 fully saturated rings. The molecule has 6 heteroatoms. The van der Waals surface area contributed by atoms with Gasteiger partial charge in [0, 0.05) is 37.6 Å². The Hall–Kier alpha value is -0.690. The number of carbonyl (C=O) groups excluding carboxylic acids is 1. The zero-order valence-electron chi connectivity index (χ0n) is 20.9. The quantitative estimate of drug-likeness (QED) is 0.564. The molecule has 0 aromatic rings. The van der Waals surface area contributed by atoms with Crippen LogP contribution in [0.1, 0.15) is 103 Å². The van der Waals surface area contributed by atoms with E-state index < -0.39 is 0 Å². The standard InChI is InChI=1S/C27H48N4O2/c1-19(32)31-17-15-20-6-5-9-25(27(20)31)29-22-14-16-28-26(18-22)30-21-10-12-24(13-11-21)33-23-7-3-2-4-8-23/h20-30H,2-18H2,1H3. The maximum absolute atomic E-state index is 12.2. The minimum absolute atomic E-state index is 0.268. The van der Waals surface area contributed by atoms with Gasteiger partial charge in [-0.25, -0.2) is 0 Å². The number of carbonyl (C=O) groups is 1. The van der Waals surface area contributed by atoms with E-state index in [9.17, 15) is 4.79 Å². The van der Waals surface area contributed by atoms with Gasteiger partial charge in [0.15, 0.2) is 0 Å². The Bertz CT molecular complexity index is 632. The molecule has 5 rings (SSSR count). The van der Waals surface area contributed by atoms with Crippen molar-refractivity contribution >= 4 is 5.91 Å². The van der Waals surface area contributed by atoms with Crippen molar-refractivity contribution in [2.45, 2.75) is 146 Å². The Morgan fingerprint density at radius 2 is 1.61 bits per heavy atom. The van der Waals surface area contributed by atoms with Crippen LogP contribution in [0.4, 0.5) is 0 Å². The van der Waals surface area contributed by atoms with Crippen molar-refractivity contribution in [3.63, 3.8) is 0 Å². The number of rotatable bonds is 6. The monoisotopic (exact) mass is 460 g/mol. The lowest BCUT2D eigenvalue weighted by molar-refractivity contribution is -0.131. The molecule has 5 aliphatic rings. The van der Waals surface area contributed by atoms with Gasteiger partial charge in [0.25, 0.3) is 0 Å². The van der Waals surface area contributed by atoms with Crippen LogP contribution in [0.3, 0.4) is 0 Å². The summed E-state index contributed by atoms with van der Waals surface area (Å²) in [5.74, 6) is 0.978. The summed E-state index contributed by atoms with van der Waals surface area (Å²) in [6, 6.07) is 2.07. The Labute approximate surface area is 201 Å². The minimum Gasteiger partial charge on any atom is -0.375 e. The molecule has 2 heterocycles. The SMILES string of the molecule is CC(=O)N1CCC2CCCC(NC3CCNC(NC4CCC(OC5CCCCC5)CC4)C3)C21.